The minimum absolute atomic E-state index is 0.0362. The van der Waals surface area contributed by atoms with Gasteiger partial charge in [0.25, 0.3) is 11.8 Å². The van der Waals surface area contributed by atoms with Crippen LogP contribution < -0.4 is 10.6 Å². The number of nitrogens with zero attached hydrogens (tertiary/aromatic N) is 1. The molecule has 4 amide bonds. The standard InChI is InChI=1S/C26H37N3O9/c30-22(8-5-9-25(33)38-29-23(31)10-11-24(29)32)27-12-14-35-16-17-36-15-13-28-26(34)37-18-21-19-6-3-1-2-4-7-20(19)21/h19-21H,3-18H2,(H,27,30)(H,28,34)/t19-,20+,21-. The molecule has 0 bridgehead atoms. The summed E-state index contributed by atoms with van der Waals surface area (Å²) in [5, 5.41) is 5.84. The van der Waals surface area contributed by atoms with Gasteiger partial charge in [-0.1, -0.05) is 0 Å². The molecule has 1 saturated carbocycles. The molecule has 0 aromatic carbocycles. The van der Waals surface area contributed by atoms with Crippen LogP contribution in [0.3, 0.4) is 0 Å². The first-order valence-corrected chi connectivity index (χ1v) is 13.3. The second kappa shape index (κ2) is 15.9. The Labute approximate surface area is 222 Å². The summed E-state index contributed by atoms with van der Waals surface area (Å²) in [4.78, 5) is 62.9. The molecular weight excluding hydrogens is 498 g/mol. The summed E-state index contributed by atoms with van der Waals surface area (Å²) in [6.45, 7) is 2.44. The molecule has 3 aliphatic rings. The zero-order valence-corrected chi connectivity index (χ0v) is 21.7. The Kier molecular flexibility index (Phi) is 12.3. The highest BCUT2D eigenvalue weighted by Gasteiger charge is 2.49. The number of rotatable bonds is 16. The van der Waals surface area contributed by atoms with E-state index in [0.29, 0.717) is 68.9 Å². The van der Waals surface area contributed by atoms with Gasteiger partial charge in [-0.05, 0) is 37.0 Å². The summed E-state index contributed by atoms with van der Waals surface area (Å²) >= 11 is 0. The number of nitrogens with one attached hydrogen (secondary N) is 2. The van der Waals surface area contributed by atoms with Crippen LogP contribution in [0.15, 0.2) is 0 Å². The second-order valence-corrected chi connectivity index (χ2v) is 9.42. The Bertz CT molecular complexity index is 879. The zero-order valence-electron chi connectivity index (χ0n) is 21.7. The van der Waals surface area contributed by atoms with Gasteiger partial charge in [-0.3, -0.25) is 14.4 Å². The lowest BCUT2D eigenvalue weighted by Crippen LogP contribution is -2.32. The van der Waals surface area contributed by atoms with Crippen molar-refractivity contribution in [1.82, 2.24) is 15.7 Å². The largest absolute Gasteiger partial charge is 0.449 e. The van der Waals surface area contributed by atoms with Crippen molar-refractivity contribution in [3.8, 4) is 11.8 Å². The van der Waals surface area contributed by atoms with Crippen LogP contribution in [0.4, 0.5) is 4.79 Å². The molecule has 3 atom stereocenters. The normalized spacial score (nSPS) is 21.9. The fraction of sp³-hybridized carbons (Fsp3) is 0.731. The molecule has 0 aromatic rings. The molecule has 210 valence electrons. The predicted molar refractivity (Wildman–Crippen MR) is 132 cm³/mol. The predicted octanol–water partition coefficient (Wildman–Crippen LogP) is 1.08. The van der Waals surface area contributed by atoms with Gasteiger partial charge in [0.1, 0.15) is 0 Å². The highest BCUT2D eigenvalue weighted by molar-refractivity contribution is 6.01. The van der Waals surface area contributed by atoms with Crippen molar-refractivity contribution in [3.63, 3.8) is 0 Å². The number of hydroxylamine groups is 2. The third kappa shape index (κ3) is 10.3. The number of hydrogen-bond donors (Lipinski definition) is 2. The van der Waals surface area contributed by atoms with Gasteiger partial charge >= 0.3 is 12.1 Å². The number of amides is 4. The van der Waals surface area contributed by atoms with Crippen LogP contribution in [0.2, 0.25) is 0 Å². The third-order valence-electron chi connectivity index (χ3n) is 6.69. The molecule has 1 saturated heterocycles. The molecule has 12 nitrogen and oxygen atoms in total. The summed E-state index contributed by atoms with van der Waals surface area (Å²) in [7, 11) is 0. The van der Waals surface area contributed by atoms with Crippen LogP contribution in [0.25, 0.3) is 0 Å². The van der Waals surface area contributed by atoms with Gasteiger partial charge in [-0.15, -0.1) is 16.9 Å². The van der Waals surface area contributed by atoms with E-state index >= 15 is 0 Å². The minimum Gasteiger partial charge on any atom is -0.449 e. The minimum atomic E-state index is -0.728. The first-order valence-electron chi connectivity index (χ1n) is 13.3. The molecule has 1 heterocycles. The summed E-state index contributed by atoms with van der Waals surface area (Å²) in [6.07, 6.45) is 3.98. The van der Waals surface area contributed by atoms with E-state index in [9.17, 15) is 24.0 Å². The first kappa shape index (κ1) is 29.4. The lowest BCUT2D eigenvalue weighted by Gasteiger charge is -2.12. The molecule has 12 heteroatoms. The van der Waals surface area contributed by atoms with Crippen molar-refractivity contribution in [2.75, 3.05) is 46.1 Å². The van der Waals surface area contributed by atoms with E-state index in [0.717, 1.165) is 25.7 Å². The maximum Gasteiger partial charge on any atom is 0.407 e. The first-order chi connectivity index (χ1) is 18.5. The molecule has 0 aromatic heterocycles. The van der Waals surface area contributed by atoms with E-state index in [1.54, 1.807) is 0 Å². The van der Waals surface area contributed by atoms with Gasteiger partial charge in [-0.25, -0.2) is 9.59 Å². The average Bonchev–Trinajstić information content (AvgIpc) is 3.42. The van der Waals surface area contributed by atoms with Crippen molar-refractivity contribution in [1.29, 1.82) is 0 Å². The molecule has 0 radical (unpaired) electrons. The maximum atomic E-state index is 11.8. The molecule has 0 spiro atoms. The molecular formula is C26H37N3O9. The van der Waals surface area contributed by atoms with E-state index in [-0.39, 0.29) is 38.0 Å². The van der Waals surface area contributed by atoms with E-state index in [4.69, 9.17) is 19.0 Å². The van der Waals surface area contributed by atoms with Crippen LogP contribution >= 0.6 is 0 Å². The third-order valence-corrected chi connectivity index (χ3v) is 6.69. The number of carbonyl (C=O) groups is 5. The molecule has 0 unspecified atom stereocenters. The van der Waals surface area contributed by atoms with Crippen molar-refractivity contribution < 1.29 is 43.0 Å². The number of ether oxygens (including phenoxy) is 3. The zero-order chi connectivity index (χ0) is 27.2. The second-order valence-electron chi connectivity index (χ2n) is 9.42. The topological polar surface area (TPSA) is 150 Å². The van der Waals surface area contributed by atoms with Gasteiger partial charge < -0.3 is 29.7 Å². The Morgan fingerprint density at radius 2 is 1.45 bits per heavy atom. The Balaban J connectivity index is 1.06. The number of alkyl carbamates (subject to hydrolysis) is 1. The van der Waals surface area contributed by atoms with Gasteiger partial charge in [0, 0.05) is 51.6 Å². The number of imide groups is 1. The summed E-state index contributed by atoms with van der Waals surface area (Å²) in [5.74, 6) is 6.06. The fourth-order valence-electron chi connectivity index (χ4n) is 4.60. The molecule has 1 aliphatic heterocycles. The van der Waals surface area contributed by atoms with Crippen LogP contribution in [0.1, 0.15) is 57.8 Å². The quantitative estimate of drug-likeness (QED) is 0.168. The molecule has 3 rings (SSSR count). The van der Waals surface area contributed by atoms with E-state index in [1.807, 2.05) is 0 Å². The average molecular weight is 536 g/mol. The van der Waals surface area contributed by atoms with E-state index in [1.165, 1.54) is 0 Å². The summed E-state index contributed by atoms with van der Waals surface area (Å²) < 4.78 is 16.1. The molecule has 2 N–H and O–H groups in total. The van der Waals surface area contributed by atoms with Crippen molar-refractivity contribution in [2.24, 2.45) is 17.8 Å². The van der Waals surface area contributed by atoms with Gasteiger partial charge in [-0.2, -0.15) is 0 Å². The van der Waals surface area contributed by atoms with Crippen LogP contribution in [0, 0.1) is 29.6 Å². The summed E-state index contributed by atoms with van der Waals surface area (Å²) in [5.41, 5.74) is 0. The molecule has 2 aliphatic carbocycles. The maximum absolute atomic E-state index is 11.8. The molecule has 38 heavy (non-hydrogen) atoms. The highest BCUT2D eigenvalue weighted by atomic mass is 16.7. The monoisotopic (exact) mass is 535 g/mol. The van der Waals surface area contributed by atoms with Crippen LogP contribution in [0.5, 0.6) is 0 Å². The number of fused-ring (bicyclic) bond motifs is 1. The highest BCUT2D eigenvalue weighted by Crippen LogP contribution is 2.52. The molecule has 2 fully saturated rings. The number of carbonyl (C=O) groups excluding carboxylic acids is 5. The number of hydrogen-bond acceptors (Lipinski definition) is 9. The Hall–Kier alpha value is -3.17. The summed E-state index contributed by atoms with van der Waals surface area (Å²) in [6, 6.07) is 0. The van der Waals surface area contributed by atoms with Gasteiger partial charge in [0.2, 0.25) is 5.91 Å². The van der Waals surface area contributed by atoms with Crippen molar-refractivity contribution in [2.45, 2.75) is 57.8 Å². The smallest absolute Gasteiger partial charge is 0.407 e. The van der Waals surface area contributed by atoms with Crippen molar-refractivity contribution >= 4 is 29.8 Å². The van der Waals surface area contributed by atoms with Crippen LogP contribution in [-0.2, 0) is 38.2 Å². The Morgan fingerprint density at radius 1 is 0.842 bits per heavy atom. The van der Waals surface area contributed by atoms with Gasteiger partial charge in [0.15, 0.2) is 0 Å². The van der Waals surface area contributed by atoms with Crippen LogP contribution in [-0.4, -0.2) is 81.0 Å². The van der Waals surface area contributed by atoms with Crippen molar-refractivity contribution in [3.05, 3.63) is 0 Å². The van der Waals surface area contributed by atoms with E-state index < -0.39 is 23.9 Å². The lowest BCUT2D eigenvalue weighted by atomic mass is 10.1. The van der Waals surface area contributed by atoms with E-state index in [2.05, 4.69) is 22.5 Å². The van der Waals surface area contributed by atoms with Gasteiger partial charge in [0.05, 0.1) is 33.0 Å². The lowest BCUT2D eigenvalue weighted by molar-refractivity contribution is -0.197. The Morgan fingerprint density at radius 3 is 2.08 bits per heavy atom. The SMILES string of the molecule is O=C(CCCC(=O)ON1C(=O)CCC1=O)NCCOCCOCCNC(=O)OC[C@@H]1[C@@H]2CCC#CCC[C@@H]21. The fourth-order valence-corrected chi connectivity index (χ4v) is 4.60.